The third-order valence-electron chi connectivity index (χ3n) is 1.66. The molecule has 0 aliphatic rings. The van der Waals surface area contributed by atoms with Gasteiger partial charge >= 0.3 is 6.61 Å². The predicted octanol–water partition coefficient (Wildman–Crippen LogP) is 2.76. The molecule has 0 aliphatic heterocycles. The molecule has 0 amide bonds. The molecule has 0 saturated carbocycles. The lowest BCUT2D eigenvalue weighted by molar-refractivity contribution is -0.0493. The fraction of sp³-hybridized carbons (Fsp3) is 0.100. The summed E-state index contributed by atoms with van der Waals surface area (Å²) >= 11 is 5.67. The number of rotatable bonds is 4. The Labute approximate surface area is 106 Å². The number of nitrogens with one attached hydrogen (secondary N) is 1. The minimum absolute atomic E-state index is 0.0193. The molecule has 92 valence electrons. The van der Waals surface area contributed by atoms with E-state index in [-0.39, 0.29) is 16.5 Å². The van der Waals surface area contributed by atoms with Crippen molar-refractivity contribution in [1.82, 2.24) is 0 Å². The van der Waals surface area contributed by atoms with Gasteiger partial charge in [0.25, 0.3) is 0 Å². The van der Waals surface area contributed by atoms with Gasteiger partial charge in [0.05, 0.1) is 5.69 Å². The summed E-state index contributed by atoms with van der Waals surface area (Å²) in [5.74, 6) is -0.201. The lowest BCUT2D eigenvalue weighted by Crippen LogP contribution is -2.05. The van der Waals surface area contributed by atoms with Crippen LogP contribution in [0.2, 0.25) is 5.02 Å². The van der Waals surface area contributed by atoms with Crippen LogP contribution in [0.4, 0.5) is 14.5 Å². The number of ether oxygens (including phenoxy) is 1. The topological polar surface area (TPSA) is 81.2 Å². The van der Waals surface area contributed by atoms with Crippen LogP contribution in [0.3, 0.4) is 0 Å². The van der Waals surface area contributed by atoms with E-state index in [9.17, 15) is 8.78 Å². The predicted molar refractivity (Wildman–Crippen MR) is 60.4 cm³/mol. The molecule has 1 aromatic carbocycles. The summed E-state index contributed by atoms with van der Waals surface area (Å²) in [6.07, 6.45) is 0. The number of hydrogen-bond donors (Lipinski definition) is 1. The molecule has 0 heterocycles. The smallest absolute Gasteiger partial charge is 0.387 e. The van der Waals surface area contributed by atoms with Gasteiger partial charge in [-0.2, -0.15) is 24.4 Å². The third kappa shape index (κ3) is 3.89. The molecule has 8 heteroatoms. The van der Waals surface area contributed by atoms with E-state index in [1.807, 2.05) is 0 Å². The highest BCUT2D eigenvalue weighted by Gasteiger charge is 2.10. The second-order valence-corrected chi connectivity index (χ2v) is 3.25. The Balaban J connectivity index is 3.00. The Morgan fingerprint density at radius 1 is 1.39 bits per heavy atom. The van der Waals surface area contributed by atoms with Gasteiger partial charge in [-0.3, -0.25) is 5.43 Å². The molecule has 0 radical (unpaired) electrons. The molecule has 1 N–H and O–H groups in total. The lowest BCUT2D eigenvalue weighted by Gasteiger charge is -2.09. The highest BCUT2D eigenvalue weighted by Crippen LogP contribution is 2.29. The first-order valence-electron chi connectivity index (χ1n) is 4.45. The summed E-state index contributed by atoms with van der Waals surface area (Å²) in [4.78, 5) is 0. The molecule has 0 bridgehead atoms. The zero-order valence-electron chi connectivity index (χ0n) is 8.69. The maximum absolute atomic E-state index is 12.1. The molecule has 0 aromatic heterocycles. The minimum Gasteiger partial charge on any atom is -0.433 e. The largest absolute Gasteiger partial charge is 0.433 e. The van der Waals surface area contributed by atoms with Crippen LogP contribution in [0.15, 0.2) is 23.3 Å². The van der Waals surface area contributed by atoms with E-state index in [0.29, 0.717) is 0 Å². The van der Waals surface area contributed by atoms with Crippen LogP contribution in [0, 0.1) is 22.7 Å². The third-order valence-corrected chi connectivity index (χ3v) is 1.89. The Hall–Kier alpha value is -2.38. The number of hydrazone groups is 1. The van der Waals surface area contributed by atoms with E-state index in [1.54, 1.807) is 0 Å². The van der Waals surface area contributed by atoms with Gasteiger partial charge in [0.2, 0.25) is 5.71 Å². The SMILES string of the molecule is N#CC(C#N)=NNc1cc(Cl)ccc1OC(F)F. The van der Waals surface area contributed by atoms with Gasteiger partial charge in [0.15, 0.2) is 5.75 Å². The van der Waals surface area contributed by atoms with Crippen LogP contribution >= 0.6 is 11.6 Å². The van der Waals surface area contributed by atoms with Crippen molar-refractivity contribution in [3.63, 3.8) is 0 Å². The van der Waals surface area contributed by atoms with Crippen molar-refractivity contribution in [3.05, 3.63) is 23.2 Å². The van der Waals surface area contributed by atoms with Gasteiger partial charge < -0.3 is 4.74 Å². The first-order valence-corrected chi connectivity index (χ1v) is 4.83. The second kappa shape index (κ2) is 6.38. The van der Waals surface area contributed by atoms with E-state index >= 15 is 0 Å². The average Bonchev–Trinajstić information content (AvgIpc) is 2.33. The Morgan fingerprint density at radius 2 is 2.06 bits per heavy atom. The van der Waals surface area contributed by atoms with E-state index in [0.717, 1.165) is 0 Å². The van der Waals surface area contributed by atoms with E-state index in [1.165, 1.54) is 30.3 Å². The number of nitrogens with zero attached hydrogens (tertiary/aromatic N) is 3. The van der Waals surface area contributed by atoms with Crippen molar-refractivity contribution in [1.29, 1.82) is 10.5 Å². The standard InChI is InChI=1S/C10H5ClF2N4O/c11-6-1-2-9(18-10(12)13)8(3-6)17-16-7(4-14)5-15/h1-3,10,17H. The quantitative estimate of drug-likeness (QED) is 0.674. The molecule has 0 unspecified atom stereocenters. The molecule has 0 fully saturated rings. The van der Waals surface area contributed by atoms with Crippen molar-refractivity contribution in [2.24, 2.45) is 5.10 Å². The Morgan fingerprint density at radius 3 is 2.61 bits per heavy atom. The molecule has 5 nitrogen and oxygen atoms in total. The van der Waals surface area contributed by atoms with Crippen LogP contribution in [0.25, 0.3) is 0 Å². The van der Waals surface area contributed by atoms with Gasteiger partial charge in [-0.15, -0.1) is 0 Å². The van der Waals surface area contributed by atoms with Crippen molar-refractivity contribution >= 4 is 23.0 Å². The van der Waals surface area contributed by atoms with Gasteiger partial charge in [0.1, 0.15) is 12.1 Å². The first-order chi connectivity index (χ1) is 8.56. The number of alkyl halides is 2. The van der Waals surface area contributed by atoms with Gasteiger partial charge in [-0.25, -0.2) is 0 Å². The minimum atomic E-state index is -3.01. The van der Waals surface area contributed by atoms with Crippen molar-refractivity contribution in [2.45, 2.75) is 6.61 Å². The molecule has 1 rings (SSSR count). The van der Waals surface area contributed by atoms with Crippen LogP contribution < -0.4 is 10.2 Å². The van der Waals surface area contributed by atoms with Crippen molar-refractivity contribution in [2.75, 3.05) is 5.43 Å². The summed E-state index contributed by atoms with van der Waals surface area (Å²) in [6.45, 7) is -3.01. The van der Waals surface area contributed by atoms with Crippen LogP contribution in [0.1, 0.15) is 0 Å². The monoisotopic (exact) mass is 270 g/mol. The molecular formula is C10H5ClF2N4O. The summed E-state index contributed by atoms with van der Waals surface area (Å²) < 4.78 is 28.4. The molecule has 0 saturated heterocycles. The lowest BCUT2D eigenvalue weighted by atomic mass is 10.3. The molecule has 0 aliphatic carbocycles. The van der Waals surface area contributed by atoms with Crippen LogP contribution in [-0.4, -0.2) is 12.3 Å². The van der Waals surface area contributed by atoms with Gasteiger partial charge in [-0.05, 0) is 18.2 Å². The van der Waals surface area contributed by atoms with Crippen LogP contribution in [0.5, 0.6) is 5.75 Å². The fourth-order valence-corrected chi connectivity index (χ4v) is 1.15. The summed E-state index contributed by atoms with van der Waals surface area (Å²) in [7, 11) is 0. The molecular weight excluding hydrogens is 266 g/mol. The number of benzene rings is 1. The van der Waals surface area contributed by atoms with E-state index in [2.05, 4.69) is 15.3 Å². The molecule has 0 spiro atoms. The number of anilines is 1. The Bertz CT molecular complexity index is 532. The highest BCUT2D eigenvalue weighted by atomic mass is 35.5. The zero-order valence-corrected chi connectivity index (χ0v) is 9.45. The van der Waals surface area contributed by atoms with E-state index < -0.39 is 12.3 Å². The zero-order chi connectivity index (χ0) is 13.5. The number of halogens is 3. The number of nitriles is 2. The van der Waals surface area contributed by atoms with Gasteiger partial charge in [0, 0.05) is 5.02 Å². The maximum Gasteiger partial charge on any atom is 0.387 e. The summed E-state index contributed by atoms with van der Waals surface area (Å²) in [6, 6.07) is 6.84. The van der Waals surface area contributed by atoms with Crippen molar-refractivity contribution in [3.8, 4) is 17.9 Å². The maximum atomic E-state index is 12.1. The first kappa shape index (κ1) is 13.7. The molecule has 0 atom stereocenters. The molecule has 1 aromatic rings. The summed E-state index contributed by atoms with van der Waals surface area (Å²) in [5.41, 5.74) is 1.82. The average molecular weight is 271 g/mol. The summed E-state index contributed by atoms with van der Waals surface area (Å²) in [5, 5.41) is 20.6. The van der Waals surface area contributed by atoms with Gasteiger partial charge in [-0.1, -0.05) is 11.6 Å². The van der Waals surface area contributed by atoms with Crippen LogP contribution in [-0.2, 0) is 0 Å². The number of hydrogen-bond acceptors (Lipinski definition) is 5. The fourth-order valence-electron chi connectivity index (χ4n) is 0.979. The Kier molecular flexibility index (Phi) is 4.85. The second-order valence-electron chi connectivity index (χ2n) is 2.81. The molecule has 18 heavy (non-hydrogen) atoms. The van der Waals surface area contributed by atoms with E-state index in [4.69, 9.17) is 22.1 Å². The normalized spacial score (nSPS) is 9.22. The highest BCUT2D eigenvalue weighted by molar-refractivity contribution is 6.30. The van der Waals surface area contributed by atoms with Crippen molar-refractivity contribution < 1.29 is 13.5 Å².